The van der Waals surface area contributed by atoms with Gasteiger partial charge in [0.15, 0.2) is 0 Å². The van der Waals surface area contributed by atoms with Crippen molar-refractivity contribution < 1.29 is 0 Å². The van der Waals surface area contributed by atoms with E-state index in [9.17, 15) is 10.5 Å². The molecule has 0 amide bonds. The number of rotatable bonds is 5. The molecule has 0 bridgehead atoms. The van der Waals surface area contributed by atoms with Crippen molar-refractivity contribution in [3.63, 3.8) is 0 Å². The van der Waals surface area contributed by atoms with Crippen LogP contribution in [0.15, 0.2) is 91.0 Å². The van der Waals surface area contributed by atoms with Gasteiger partial charge in [0.05, 0.1) is 18.3 Å². The van der Waals surface area contributed by atoms with Crippen LogP contribution in [0.1, 0.15) is 41.4 Å². The van der Waals surface area contributed by atoms with Gasteiger partial charge in [-0.2, -0.15) is 10.5 Å². The van der Waals surface area contributed by atoms with E-state index < -0.39 is 0 Å². The Hall–Kier alpha value is -3.44. The van der Waals surface area contributed by atoms with Crippen LogP contribution in [0.4, 0.5) is 0 Å². The van der Waals surface area contributed by atoms with Gasteiger partial charge >= 0.3 is 0 Å². The fourth-order valence-electron chi connectivity index (χ4n) is 4.37. The van der Waals surface area contributed by atoms with E-state index in [2.05, 4.69) is 34.1 Å². The molecule has 1 heterocycles. The first-order valence-electron chi connectivity index (χ1n) is 10.3. The summed E-state index contributed by atoms with van der Waals surface area (Å²) in [5.41, 5.74) is 3.07. The average Bonchev–Trinajstić information content (AvgIpc) is 2.82. The van der Waals surface area contributed by atoms with Crippen molar-refractivity contribution in [2.24, 2.45) is 0 Å². The molecule has 0 aliphatic carbocycles. The highest BCUT2D eigenvalue weighted by molar-refractivity contribution is 5.30. The number of hydrogen-bond donors (Lipinski definition) is 0. The summed E-state index contributed by atoms with van der Waals surface area (Å²) < 4.78 is 0. The Morgan fingerprint density at radius 3 is 1.43 bits per heavy atom. The summed E-state index contributed by atoms with van der Waals surface area (Å²) in [5.74, 6) is 0. The molecule has 4 rings (SSSR count). The van der Waals surface area contributed by atoms with E-state index in [1.807, 2.05) is 78.9 Å². The summed E-state index contributed by atoms with van der Waals surface area (Å²) in [6.07, 6.45) is 0.744. The average molecular weight is 393 g/mol. The van der Waals surface area contributed by atoms with Crippen molar-refractivity contribution >= 4 is 0 Å². The minimum Gasteiger partial charge on any atom is -0.264 e. The molecule has 2 atom stereocenters. The quantitative estimate of drug-likeness (QED) is 0.597. The molecule has 0 N–H and O–H groups in total. The number of nitrogens with zero attached hydrogens (tertiary/aromatic N) is 4. The predicted molar refractivity (Wildman–Crippen MR) is 117 cm³/mol. The SMILES string of the molecule is N#CC(c1ccccc1)N1CCCN(C(C#N)c2ccccc2)C1c1ccccc1. The summed E-state index contributed by atoms with van der Waals surface area (Å²) in [6, 6.07) is 34.4. The van der Waals surface area contributed by atoms with Gasteiger partial charge < -0.3 is 0 Å². The van der Waals surface area contributed by atoms with Crippen LogP contribution in [0.2, 0.25) is 0 Å². The maximum atomic E-state index is 10.1. The fourth-order valence-corrected chi connectivity index (χ4v) is 4.37. The van der Waals surface area contributed by atoms with Crippen molar-refractivity contribution in [1.29, 1.82) is 10.5 Å². The predicted octanol–water partition coefficient (Wildman–Crippen LogP) is 5.22. The van der Waals surface area contributed by atoms with Crippen molar-refractivity contribution in [2.75, 3.05) is 13.1 Å². The Morgan fingerprint density at radius 2 is 1.03 bits per heavy atom. The molecule has 2 unspecified atom stereocenters. The molecule has 148 valence electrons. The smallest absolute Gasteiger partial charge is 0.125 e. The standard InChI is InChI=1S/C26H24N4/c27-19-24(21-11-4-1-5-12-21)29-17-10-18-30(26(29)23-15-8-3-9-16-23)25(20-28)22-13-6-2-7-14-22/h1-9,11-16,24-26H,10,17-18H2. The number of nitriles is 2. The van der Waals surface area contributed by atoms with Crippen molar-refractivity contribution in [1.82, 2.24) is 9.80 Å². The van der Waals surface area contributed by atoms with Gasteiger partial charge in [-0.05, 0) is 23.1 Å². The minimum atomic E-state index is -0.380. The first kappa shape index (κ1) is 19.9. The van der Waals surface area contributed by atoms with Crippen LogP contribution in [0.3, 0.4) is 0 Å². The number of hydrogen-bond acceptors (Lipinski definition) is 4. The Kier molecular flexibility index (Phi) is 6.20. The van der Waals surface area contributed by atoms with E-state index in [1.54, 1.807) is 0 Å². The molecule has 0 radical (unpaired) electrons. The summed E-state index contributed by atoms with van der Waals surface area (Å²) >= 11 is 0. The molecule has 1 saturated heterocycles. The summed E-state index contributed by atoms with van der Waals surface area (Å²) in [7, 11) is 0. The topological polar surface area (TPSA) is 54.1 Å². The Bertz CT molecular complexity index is 956. The number of benzene rings is 3. The van der Waals surface area contributed by atoms with Gasteiger partial charge in [0.2, 0.25) is 0 Å². The molecular formula is C26H24N4. The van der Waals surface area contributed by atoms with Crippen LogP contribution >= 0.6 is 0 Å². The van der Waals surface area contributed by atoms with Gasteiger partial charge in [-0.15, -0.1) is 0 Å². The second kappa shape index (κ2) is 9.37. The molecule has 1 aliphatic heterocycles. The lowest BCUT2D eigenvalue weighted by molar-refractivity contribution is -0.0286. The maximum Gasteiger partial charge on any atom is 0.125 e. The second-order valence-electron chi connectivity index (χ2n) is 7.50. The van der Waals surface area contributed by atoms with Gasteiger partial charge in [0, 0.05) is 13.1 Å². The van der Waals surface area contributed by atoms with Crippen molar-refractivity contribution in [3.05, 3.63) is 108 Å². The van der Waals surface area contributed by atoms with Crippen LogP contribution in [0, 0.1) is 22.7 Å². The van der Waals surface area contributed by atoms with Crippen molar-refractivity contribution in [2.45, 2.75) is 24.7 Å². The molecule has 1 aliphatic rings. The van der Waals surface area contributed by atoms with Gasteiger partial charge in [-0.1, -0.05) is 91.0 Å². The summed E-state index contributed by atoms with van der Waals surface area (Å²) in [6.45, 7) is 1.60. The van der Waals surface area contributed by atoms with Crippen LogP contribution in [0.25, 0.3) is 0 Å². The zero-order valence-electron chi connectivity index (χ0n) is 16.8. The lowest BCUT2D eigenvalue weighted by atomic mass is 9.97. The molecule has 3 aromatic rings. The van der Waals surface area contributed by atoms with Crippen LogP contribution in [-0.4, -0.2) is 22.9 Å². The summed E-state index contributed by atoms with van der Waals surface area (Å²) in [5, 5.41) is 20.2. The normalized spacial score (nSPS) is 19.3. The van der Waals surface area contributed by atoms with E-state index in [0.717, 1.165) is 36.2 Å². The highest BCUT2D eigenvalue weighted by Crippen LogP contribution is 2.40. The second-order valence-corrected chi connectivity index (χ2v) is 7.50. The molecule has 4 nitrogen and oxygen atoms in total. The molecule has 30 heavy (non-hydrogen) atoms. The van der Waals surface area contributed by atoms with Crippen LogP contribution in [-0.2, 0) is 0 Å². The largest absolute Gasteiger partial charge is 0.264 e. The highest BCUT2D eigenvalue weighted by Gasteiger charge is 2.39. The first-order chi connectivity index (χ1) is 14.8. The van der Waals surface area contributed by atoms with Gasteiger partial charge in [-0.3, -0.25) is 9.80 Å². The third-order valence-corrected chi connectivity index (χ3v) is 5.70. The Morgan fingerprint density at radius 1 is 0.633 bits per heavy atom. The Labute approximate surface area is 178 Å². The molecular weight excluding hydrogens is 368 g/mol. The molecule has 1 fully saturated rings. The minimum absolute atomic E-state index is 0.158. The first-order valence-corrected chi connectivity index (χ1v) is 10.3. The van der Waals surface area contributed by atoms with E-state index in [4.69, 9.17) is 0 Å². The van der Waals surface area contributed by atoms with E-state index in [-0.39, 0.29) is 18.2 Å². The monoisotopic (exact) mass is 392 g/mol. The van der Waals surface area contributed by atoms with Gasteiger partial charge in [0.1, 0.15) is 12.1 Å². The van der Waals surface area contributed by atoms with Gasteiger partial charge in [0.25, 0.3) is 0 Å². The van der Waals surface area contributed by atoms with E-state index in [1.165, 1.54) is 0 Å². The molecule has 3 aromatic carbocycles. The highest BCUT2D eigenvalue weighted by atomic mass is 15.4. The van der Waals surface area contributed by atoms with Crippen LogP contribution in [0.5, 0.6) is 0 Å². The third kappa shape index (κ3) is 3.98. The van der Waals surface area contributed by atoms with E-state index in [0.29, 0.717) is 0 Å². The maximum absolute atomic E-state index is 10.1. The molecule has 0 aromatic heterocycles. The van der Waals surface area contributed by atoms with Crippen molar-refractivity contribution in [3.8, 4) is 12.1 Å². The van der Waals surface area contributed by atoms with Crippen LogP contribution < -0.4 is 0 Å². The lowest BCUT2D eigenvalue weighted by Gasteiger charge is -2.47. The fraction of sp³-hybridized carbons (Fsp3) is 0.231. The Balaban J connectivity index is 1.79. The third-order valence-electron chi connectivity index (χ3n) is 5.70. The summed E-state index contributed by atoms with van der Waals surface area (Å²) in [4.78, 5) is 4.48. The van der Waals surface area contributed by atoms with E-state index >= 15 is 0 Å². The zero-order valence-corrected chi connectivity index (χ0v) is 16.8. The molecule has 0 saturated carbocycles. The van der Waals surface area contributed by atoms with Gasteiger partial charge in [-0.25, -0.2) is 0 Å². The zero-order chi connectivity index (χ0) is 20.8. The lowest BCUT2D eigenvalue weighted by Crippen LogP contribution is -2.49. The molecule has 4 heteroatoms. The molecule has 0 spiro atoms.